The summed E-state index contributed by atoms with van der Waals surface area (Å²) < 4.78 is 5.19. The van der Waals surface area contributed by atoms with Crippen LogP contribution in [0.5, 0.6) is 0 Å². The number of nitrogens with zero attached hydrogens (tertiary/aromatic N) is 1. The average molecular weight is 347 g/mol. The van der Waals surface area contributed by atoms with E-state index < -0.39 is 23.5 Å². The molecule has 1 aromatic heterocycles. The number of hydrogen-bond donors (Lipinski definition) is 2. The molecule has 0 radical (unpaired) electrons. The summed E-state index contributed by atoms with van der Waals surface area (Å²) in [5.41, 5.74) is 0.603. The van der Waals surface area contributed by atoms with E-state index in [0.717, 1.165) is 0 Å². The van der Waals surface area contributed by atoms with Gasteiger partial charge in [0.05, 0.1) is 6.07 Å². The number of ketones is 1. The Hall–Kier alpha value is -2.62. The first-order valence-corrected chi connectivity index (χ1v) is 8.09. The highest BCUT2D eigenvalue weighted by Gasteiger charge is 2.33. The summed E-state index contributed by atoms with van der Waals surface area (Å²) in [4.78, 5) is 39.1. The number of ether oxygens (including phenoxy) is 1. The van der Waals surface area contributed by atoms with Crippen molar-refractivity contribution < 1.29 is 19.1 Å². The summed E-state index contributed by atoms with van der Waals surface area (Å²) in [6.07, 6.45) is -1.08. The fourth-order valence-corrected chi connectivity index (χ4v) is 2.41. The maximum Gasteiger partial charge on any atom is 0.355 e. The number of carbonyl (C=O) groups excluding carboxylic acids is 3. The van der Waals surface area contributed by atoms with Gasteiger partial charge in [-0.15, -0.1) is 0 Å². The number of aryl methyl sites for hydroxylation is 1. The standard InChI is InChI=1S/C18H25N3O4/c1-9(2)18(7,8-19)21-16(23)13(6)25-17(24)15-10(3)14(12(5)22)11(4)20-15/h9,13,20H,1-7H3,(H,21,23). The second kappa shape index (κ2) is 7.51. The number of nitrogens with one attached hydrogen (secondary N) is 2. The van der Waals surface area contributed by atoms with Gasteiger partial charge in [0, 0.05) is 11.3 Å². The van der Waals surface area contributed by atoms with Crippen LogP contribution in [0.25, 0.3) is 0 Å². The molecule has 1 rings (SSSR count). The zero-order chi connectivity index (χ0) is 19.5. The van der Waals surface area contributed by atoms with Crippen LogP contribution < -0.4 is 5.32 Å². The lowest BCUT2D eigenvalue weighted by Crippen LogP contribution is -2.52. The predicted molar refractivity (Wildman–Crippen MR) is 92.1 cm³/mol. The molecule has 0 fully saturated rings. The number of esters is 1. The minimum absolute atomic E-state index is 0.115. The topological polar surface area (TPSA) is 112 Å². The van der Waals surface area contributed by atoms with Crippen molar-refractivity contribution in [2.24, 2.45) is 5.92 Å². The van der Waals surface area contributed by atoms with Crippen molar-refractivity contribution in [1.29, 1.82) is 5.26 Å². The second-order valence-corrected chi connectivity index (χ2v) is 6.69. The molecule has 1 heterocycles. The maximum absolute atomic E-state index is 12.3. The fraction of sp³-hybridized carbons (Fsp3) is 0.556. The third-order valence-electron chi connectivity index (χ3n) is 4.42. The first kappa shape index (κ1) is 20.4. The van der Waals surface area contributed by atoms with E-state index in [1.54, 1.807) is 20.8 Å². The third-order valence-corrected chi connectivity index (χ3v) is 4.42. The van der Waals surface area contributed by atoms with Crippen molar-refractivity contribution in [2.75, 3.05) is 0 Å². The molecule has 0 saturated heterocycles. The fourth-order valence-electron chi connectivity index (χ4n) is 2.41. The summed E-state index contributed by atoms with van der Waals surface area (Å²) in [6.45, 7) is 11.4. The first-order chi connectivity index (χ1) is 11.4. The Labute approximate surface area is 147 Å². The van der Waals surface area contributed by atoms with E-state index in [9.17, 15) is 19.6 Å². The summed E-state index contributed by atoms with van der Waals surface area (Å²) >= 11 is 0. The molecule has 136 valence electrons. The molecule has 0 spiro atoms. The van der Waals surface area contributed by atoms with E-state index in [4.69, 9.17) is 4.74 Å². The van der Waals surface area contributed by atoms with Gasteiger partial charge in [0.25, 0.3) is 5.91 Å². The average Bonchev–Trinajstić information content (AvgIpc) is 2.81. The van der Waals surface area contributed by atoms with Gasteiger partial charge < -0.3 is 15.0 Å². The lowest BCUT2D eigenvalue weighted by Gasteiger charge is -2.28. The molecule has 2 atom stereocenters. The Morgan fingerprint density at radius 2 is 1.80 bits per heavy atom. The highest BCUT2D eigenvalue weighted by atomic mass is 16.5. The number of hydrogen-bond acceptors (Lipinski definition) is 5. The minimum Gasteiger partial charge on any atom is -0.448 e. The van der Waals surface area contributed by atoms with Gasteiger partial charge in [-0.05, 0) is 46.1 Å². The number of nitriles is 1. The molecule has 0 aromatic carbocycles. The number of amides is 1. The molecule has 0 aliphatic rings. The van der Waals surface area contributed by atoms with E-state index >= 15 is 0 Å². The largest absolute Gasteiger partial charge is 0.448 e. The van der Waals surface area contributed by atoms with E-state index in [0.29, 0.717) is 16.8 Å². The molecule has 7 heteroatoms. The van der Waals surface area contributed by atoms with Crippen molar-refractivity contribution >= 4 is 17.7 Å². The summed E-state index contributed by atoms with van der Waals surface area (Å²) in [7, 11) is 0. The molecule has 2 unspecified atom stereocenters. The monoisotopic (exact) mass is 347 g/mol. The Kier molecular flexibility index (Phi) is 6.14. The number of rotatable bonds is 6. The Balaban J connectivity index is 2.91. The molecular formula is C18H25N3O4. The van der Waals surface area contributed by atoms with Crippen LogP contribution in [0.2, 0.25) is 0 Å². The molecule has 0 aliphatic heterocycles. The molecule has 25 heavy (non-hydrogen) atoms. The van der Waals surface area contributed by atoms with Crippen molar-refractivity contribution in [3.63, 3.8) is 0 Å². The zero-order valence-corrected chi connectivity index (χ0v) is 15.7. The molecule has 7 nitrogen and oxygen atoms in total. The molecule has 1 aromatic rings. The molecule has 2 N–H and O–H groups in total. The minimum atomic E-state index is -1.08. The quantitative estimate of drug-likeness (QED) is 0.606. The SMILES string of the molecule is CC(=O)c1c(C)[nH]c(C(=O)OC(C)C(=O)NC(C)(C#N)C(C)C)c1C. The van der Waals surface area contributed by atoms with E-state index in [1.807, 2.05) is 13.8 Å². The Morgan fingerprint density at radius 3 is 2.20 bits per heavy atom. The zero-order valence-electron chi connectivity index (χ0n) is 15.7. The second-order valence-electron chi connectivity index (χ2n) is 6.69. The first-order valence-electron chi connectivity index (χ1n) is 8.09. The van der Waals surface area contributed by atoms with Crippen LogP contribution in [0.4, 0.5) is 0 Å². The number of aromatic amines is 1. The van der Waals surface area contributed by atoms with E-state index in [1.165, 1.54) is 13.8 Å². The molecular weight excluding hydrogens is 322 g/mol. The number of carbonyl (C=O) groups is 3. The molecule has 0 aliphatic carbocycles. The van der Waals surface area contributed by atoms with Gasteiger partial charge in [-0.25, -0.2) is 4.79 Å². The van der Waals surface area contributed by atoms with Crippen molar-refractivity contribution in [3.8, 4) is 6.07 Å². The number of Topliss-reactive ketones (excluding diaryl/α,β-unsaturated/α-hetero) is 1. The number of H-pyrrole nitrogens is 1. The highest BCUT2D eigenvalue weighted by Crippen LogP contribution is 2.20. The molecule has 1 amide bonds. The molecule has 0 saturated carbocycles. The van der Waals surface area contributed by atoms with Gasteiger partial charge in [0.1, 0.15) is 11.2 Å². The van der Waals surface area contributed by atoms with Crippen LogP contribution in [0, 0.1) is 31.1 Å². The van der Waals surface area contributed by atoms with Gasteiger partial charge in [0.2, 0.25) is 0 Å². The van der Waals surface area contributed by atoms with Crippen LogP contribution in [0.15, 0.2) is 0 Å². The van der Waals surface area contributed by atoms with Gasteiger partial charge in [-0.3, -0.25) is 9.59 Å². The van der Waals surface area contributed by atoms with Gasteiger partial charge in [-0.1, -0.05) is 13.8 Å². The summed E-state index contributed by atoms with van der Waals surface area (Å²) in [5.74, 6) is -1.55. The lowest BCUT2D eigenvalue weighted by molar-refractivity contribution is -0.130. The van der Waals surface area contributed by atoms with E-state index in [-0.39, 0.29) is 17.4 Å². The predicted octanol–water partition coefficient (Wildman–Crippen LogP) is 2.43. The van der Waals surface area contributed by atoms with Crippen molar-refractivity contribution in [3.05, 3.63) is 22.5 Å². The van der Waals surface area contributed by atoms with Gasteiger partial charge >= 0.3 is 5.97 Å². The maximum atomic E-state index is 12.3. The van der Waals surface area contributed by atoms with Crippen LogP contribution in [-0.2, 0) is 9.53 Å². The summed E-state index contributed by atoms with van der Waals surface area (Å²) in [6, 6.07) is 2.06. The van der Waals surface area contributed by atoms with Crippen LogP contribution in [0.3, 0.4) is 0 Å². The highest BCUT2D eigenvalue weighted by molar-refractivity contribution is 6.01. The van der Waals surface area contributed by atoms with Crippen LogP contribution in [0.1, 0.15) is 66.7 Å². The molecule has 0 bridgehead atoms. The smallest absolute Gasteiger partial charge is 0.355 e. The Bertz CT molecular complexity index is 742. The third kappa shape index (κ3) is 4.27. The van der Waals surface area contributed by atoms with Gasteiger partial charge in [0.15, 0.2) is 11.9 Å². The summed E-state index contributed by atoms with van der Waals surface area (Å²) in [5, 5.41) is 11.9. The van der Waals surface area contributed by atoms with Gasteiger partial charge in [-0.2, -0.15) is 5.26 Å². The van der Waals surface area contributed by atoms with E-state index in [2.05, 4.69) is 16.4 Å². The van der Waals surface area contributed by atoms with Crippen molar-refractivity contribution in [1.82, 2.24) is 10.3 Å². The van der Waals surface area contributed by atoms with Crippen molar-refractivity contribution in [2.45, 2.75) is 60.1 Å². The number of aromatic nitrogens is 1. The van der Waals surface area contributed by atoms with Crippen LogP contribution >= 0.6 is 0 Å². The van der Waals surface area contributed by atoms with Crippen LogP contribution in [-0.4, -0.2) is 34.3 Å². The Morgan fingerprint density at radius 1 is 1.24 bits per heavy atom. The normalized spacial score (nSPS) is 14.4. The lowest BCUT2D eigenvalue weighted by atomic mass is 9.90.